The molecule has 176 valence electrons. The van der Waals surface area contributed by atoms with Gasteiger partial charge in [0.25, 0.3) is 0 Å². The lowest BCUT2D eigenvalue weighted by Gasteiger charge is -2.18. The second-order valence-corrected chi connectivity index (χ2v) is 8.43. The highest BCUT2D eigenvalue weighted by Gasteiger charge is 2.23. The minimum absolute atomic E-state index is 0.00230. The lowest BCUT2D eigenvalue weighted by molar-refractivity contribution is 0.393. The van der Waals surface area contributed by atoms with Gasteiger partial charge in [-0.2, -0.15) is 0 Å². The van der Waals surface area contributed by atoms with E-state index < -0.39 is 0 Å². The molecule has 1 aromatic carbocycles. The van der Waals surface area contributed by atoms with Gasteiger partial charge in [0.05, 0.1) is 47.3 Å². The van der Waals surface area contributed by atoms with Crippen LogP contribution in [0.4, 0.5) is 0 Å². The standard InChI is InChI=1S/C24H23N5O2S.C2H6/c1-13-22(15(3)31-28-13)17-10-19-16(11-21(17)30-4)23-20(12-26-19)27-24(32-5)29(23)14(2)18-8-6-7-9-25-18;1-2/h6-12,14H,1-5H3;1-2H3/t14-;/m1./s1. The van der Waals surface area contributed by atoms with Crippen molar-refractivity contribution in [2.24, 2.45) is 0 Å². The quantitative estimate of drug-likeness (QED) is 0.264. The van der Waals surface area contributed by atoms with Crippen LogP contribution in [0.1, 0.15) is 44.0 Å². The van der Waals surface area contributed by atoms with Gasteiger partial charge >= 0.3 is 0 Å². The molecule has 1 atom stereocenters. The summed E-state index contributed by atoms with van der Waals surface area (Å²) in [7, 11) is 1.68. The minimum Gasteiger partial charge on any atom is -0.496 e. The molecule has 5 aromatic rings. The summed E-state index contributed by atoms with van der Waals surface area (Å²) in [6.07, 6.45) is 5.69. The zero-order chi connectivity index (χ0) is 24.4. The molecule has 0 unspecified atom stereocenters. The number of hydrogen-bond acceptors (Lipinski definition) is 7. The fraction of sp³-hybridized carbons (Fsp3) is 0.308. The summed E-state index contributed by atoms with van der Waals surface area (Å²) < 4.78 is 13.4. The summed E-state index contributed by atoms with van der Waals surface area (Å²) in [4.78, 5) is 14.2. The first-order chi connectivity index (χ1) is 16.5. The van der Waals surface area contributed by atoms with Crippen LogP contribution in [0.2, 0.25) is 0 Å². The summed E-state index contributed by atoms with van der Waals surface area (Å²) in [5.74, 6) is 1.49. The highest BCUT2D eigenvalue weighted by atomic mass is 32.2. The summed E-state index contributed by atoms with van der Waals surface area (Å²) >= 11 is 1.61. The molecule has 0 aliphatic heterocycles. The van der Waals surface area contributed by atoms with Crippen molar-refractivity contribution in [3.05, 3.63) is 59.9 Å². The van der Waals surface area contributed by atoms with Crippen LogP contribution in [0, 0.1) is 13.8 Å². The summed E-state index contributed by atoms with van der Waals surface area (Å²) in [5.41, 5.74) is 6.36. The maximum Gasteiger partial charge on any atom is 0.169 e. The van der Waals surface area contributed by atoms with Crippen LogP contribution in [0.25, 0.3) is 33.1 Å². The predicted molar refractivity (Wildman–Crippen MR) is 138 cm³/mol. The number of pyridine rings is 2. The van der Waals surface area contributed by atoms with Crippen molar-refractivity contribution in [3.8, 4) is 16.9 Å². The van der Waals surface area contributed by atoms with Gasteiger partial charge in [0.15, 0.2) is 5.16 Å². The van der Waals surface area contributed by atoms with Crippen LogP contribution < -0.4 is 4.74 Å². The summed E-state index contributed by atoms with van der Waals surface area (Å²) in [5, 5.41) is 6.00. The van der Waals surface area contributed by atoms with Gasteiger partial charge in [-0.25, -0.2) is 4.98 Å². The fourth-order valence-electron chi connectivity index (χ4n) is 4.27. The molecule has 4 heterocycles. The normalized spacial score (nSPS) is 12.0. The van der Waals surface area contributed by atoms with E-state index in [1.807, 2.05) is 76.7 Å². The molecular weight excluding hydrogens is 446 g/mol. The molecule has 0 saturated carbocycles. The first-order valence-electron chi connectivity index (χ1n) is 11.3. The number of rotatable bonds is 5. The van der Waals surface area contributed by atoms with E-state index in [1.165, 1.54) is 0 Å². The van der Waals surface area contributed by atoms with E-state index >= 15 is 0 Å². The molecule has 0 saturated heterocycles. The Morgan fingerprint density at radius 2 is 1.88 bits per heavy atom. The van der Waals surface area contributed by atoms with Gasteiger partial charge in [-0.05, 0) is 51.3 Å². The Morgan fingerprint density at radius 1 is 1.09 bits per heavy atom. The summed E-state index contributed by atoms with van der Waals surface area (Å²) in [6, 6.07) is 10.1. The van der Waals surface area contributed by atoms with E-state index in [-0.39, 0.29) is 6.04 Å². The molecule has 8 heteroatoms. The third-order valence-corrected chi connectivity index (χ3v) is 6.45. The zero-order valence-electron chi connectivity index (χ0n) is 20.6. The van der Waals surface area contributed by atoms with Crippen molar-refractivity contribution in [2.45, 2.75) is 45.8 Å². The van der Waals surface area contributed by atoms with Crippen LogP contribution in [0.15, 0.2) is 52.4 Å². The average Bonchev–Trinajstić information content (AvgIpc) is 3.43. The molecule has 4 aromatic heterocycles. The van der Waals surface area contributed by atoms with Gasteiger partial charge in [-0.15, -0.1) is 0 Å². The number of imidazole rings is 1. The Balaban J connectivity index is 0.00000133. The number of aryl methyl sites for hydroxylation is 2. The molecule has 0 radical (unpaired) electrons. The molecule has 0 N–H and O–H groups in total. The third-order valence-electron chi connectivity index (χ3n) is 5.79. The number of nitrogens with zero attached hydrogens (tertiary/aromatic N) is 5. The number of thioether (sulfide) groups is 1. The van der Waals surface area contributed by atoms with Crippen molar-refractivity contribution in [3.63, 3.8) is 0 Å². The van der Waals surface area contributed by atoms with Gasteiger partial charge in [0.1, 0.15) is 17.0 Å². The Hall–Kier alpha value is -3.39. The topological polar surface area (TPSA) is 78.9 Å². The Bertz CT molecular complexity index is 1420. The second kappa shape index (κ2) is 9.85. The smallest absolute Gasteiger partial charge is 0.169 e. The molecular formula is C26H29N5O2S. The van der Waals surface area contributed by atoms with Gasteiger partial charge < -0.3 is 13.8 Å². The van der Waals surface area contributed by atoms with Gasteiger partial charge in [0.2, 0.25) is 0 Å². The SMILES string of the molecule is CC.COc1cc2c(cc1-c1c(C)noc1C)ncc1nc(SC)n([C@H](C)c3ccccn3)c12. The van der Waals surface area contributed by atoms with Crippen molar-refractivity contribution in [2.75, 3.05) is 13.4 Å². The Morgan fingerprint density at radius 3 is 2.50 bits per heavy atom. The minimum atomic E-state index is 0.00230. The van der Waals surface area contributed by atoms with E-state index in [4.69, 9.17) is 19.2 Å². The van der Waals surface area contributed by atoms with Crippen molar-refractivity contribution in [1.82, 2.24) is 24.7 Å². The molecule has 7 nitrogen and oxygen atoms in total. The van der Waals surface area contributed by atoms with Crippen molar-refractivity contribution in [1.29, 1.82) is 0 Å². The molecule has 0 amide bonds. The Labute approximate surface area is 203 Å². The molecule has 0 fully saturated rings. The molecule has 0 aliphatic rings. The van der Waals surface area contributed by atoms with Crippen LogP contribution in [-0.4, -0.2) is 38.0 Å². The largest absolute Gasteiger partial charge is 0.496 e. The maximum absolute atomic E-state index is 5.81. The van der Waals surface area contributed by atoms with E-state index in [9.17, 15) is 0 Å². The number of fused-ring (bicyclic) bond motifs is 3. The number of aromatic nitrogens is 5. The highest BCUT2D eigenvalue weighted by Crippen LogP contribution is 2.40. The number of methoxy groups -OCH3 is 1. The predicted octanol–water partition coefficient (Wildman–Crippen LogP) is 6.62. The molecule has 5 rings (SSSR count). The first-order valence-corrected chi connectivity index (χ1v) is 12.5. The first kappa shape index (κ1) is 23.8. The lowest BCUT2D eigenvalue weighted by Crippen LogP contribution is -2.09. The van der Waals surface area contributed by atoms with Crippen LogP contribution in [-0.2, 0) is 0 Å². The molecule has 0 spiro atoms. The number of hydrogen-bond donors (Lipinski definition) is 0. The maximum atomic E-state index is 5.81. The van der Waals surface area contributed by atoms with Gasteiger partial charge in [-0.3, -0.25) is 9.97 Å². The zero-order valence-corrected chi connectivity index (χ0v) is 21.4. The van der Waals surface area contributed by atoms with Gasteiger partial charge in [0, 0.05) is 17.1 Å². The van der Waals surface area contributed by atoms with E-state index in [0.29, 0.717) is 0 Å². The highest BCUT2D eigenvalue weighted by molar-refractivity contribution is 7.98. The average molecular weight is 476 g/mol. The number of ether oxygens (including phenoxy) is 1. The molecule has 34 heavy (non-hydrogen) atoms. The lowest BCUT2D eigenvalue weighted by atomic mass is 10.0. The Kier molecular flexibility index (Phi) is 6.88. The van der Waals surface area contributed by atoms with E-state index in [0.717, 1.165) is 61.1 Å². The van der Waals surface area contributed by atoms with E-state index in [1.54, 1.807) is 18.9 Å². The van der Waals surface area contributed by atoms with Crippen LogP contribution >= 0.6 is 11.8 Å². The van der Waals surface area contributed by atoms with Crippen LogP contribution in [0.5, 0.6) is 5.75 Å². The van der Waals surface area contributed by atoms with E-state index in [2.05, 4.69) is 21.6 Å². The number of benzene rings is 1. The molecule has 0 bridgehead atoms. The second-order valence-electron chi connectivity index (χ2n) is 7.66. The van der Waals surface area contributed by atoms with Crippen LogP contribution in [0.3, 0.4) is 0 Å². The van der Waals surface area contributed by atoms with Crippen molar-refractivity contribution < 1.29 is 9.26 Å². The monoisotopic (exact) mass is 475 g/mol. The molecule has 0 aliphatic carbocycles. The fourth-order valence-corrected chi connectivity index (χ4v) is 4.91. The van der Waals surface area contributed by atoms with Gasteiger partial charge in [-0.1, -0.05) is 36.8 Å². The summed E-state index contributed by atoms with van der Waals surface area (Å²) in [6.45, 7) is 9.98. The third kappa shape index (κ3) is 3.92. The van der Waals surface area contributed by atoms with Crippen molar-refractivity contribution >= 4 is 33.7 Å².